The van der Waals surface area contributed by atoms with Crippen molar-refractivity contribution in [1.29, 1.82) is 0 Å². The minimum atomic E-state index is 1.08. The van der Waals surface area contributed by atoms with E-state index < -0.39 is 0 Å². The molecule has 0 aromatic rings. The van der Waals surface area contributed by atoms with Crippen LogP contribution < -0.4 is 0 Å². The molecule has 0 amide bonds. The second-order valence-corrected chi connectivity index (χ2v) is 0.697. The molecule has 0 spiro atoms. The predicted octanol–water partition coefficient (Wildman–Crippen LogP) is 2.44. The molecular weight excluding hydrogens is 95.5 g/mol. The first-order valence-corrected chi connectivity index (χ1v) is 2.66. The molecule has 0 unspecified atom stereocenters. The Morgan fingerprint density at radius 3 is 1.83 bits per heavy atom. The fourth-order valence-electron chi connectivity index (χ4n) is 0. The predicted molar refractivity (Wildman–Crippen MR) is 32.3 cm³/mol. The zero-order valence-electron chi connectivity index (χ0n) is 4.37. The first-order valence-electron chi connectivity index (χ1n) is 1.90. The highest BCUT2D eigenvalue weighted by Gasteiger charge is 1.45. The lowest BCUT2D eigenvalue weighted by molar-refractivity contribution is 1.23. The van der Waals surface area contributed by atoms with E-state index in [1.807, 2.05) is 6.08 Å². The topological polar surface area (TPSA) is 0 Å². The highest BCUT2D eigenvalue weighted by molar-refractivity contribution is 6.15. The van der Waals surface area contributed by atoms with Crippen LogP contribution in [0.5, 0.6) is 0 Å². The third-order valence-corrected chi connectivity index (χ3v) is 0.289. The van der Waals surface area contributed by atoms with Gasteiger partial charge in [0.15, 0.2) is 0 Å². The van der Waals surface area contributed by atoms with Crippen molar-refractivity contribution in [2.24, 2.45) is 0 Å². The van der Waals surface area contributed by atoms with Crippen LogP contribution in [0.4, 0.5) is 0 Å². The van der Waals surface area contributed by atoms with E-state index in [1.54, 1.807) is 0 Å². The van der Waals surface area contributed by atoms with Gasteiger partial charge in [-0.25, -0.2) is 0 Å². The Hall–Kier alpha value is 0.0300. The minimum absolute atomic E-state index is 1.08. The van der Waals surface area contributed by atoms with Crippen molar-refractivity contribution >= 4 is 11.6 Å². The number of allylic oxidation sites excluding steroid dienone is 1. The van der Waals surface area contributed by atoms with Crippen LogP contribution in [0, 0.1) is 0 Å². The van der Waals surface area contributed by atoms with Gasteiger partial charge in [-0.3, -0.25) is 0 Å². The second kappa shape index (κ2) is 19.8. The smallest absolute Gasteiger partial charge is 0.0108 e. The molecule has 0 atom stereocenters. The Labute approximate surface area is 44.8 Å². The molecule has 0 fully saturated rings. The third kappa shape index (κ3) is 34.9. The largest absolute Gasteiger partial charge is 0.130 e. The van der Waals surface area contributed by atoms with Crippen molar-refractivity contribution in [2.75, 3.05) is 6.38 Å². The van der Waals surface area contributed by atoms with E-state index in [0.29, 0.717) is 0 Å². The third-order valence-electron chi connectivity index (χ3n) is 0.289. The molecule has 38 valence electrons. The standard InChI is InChI=1S/C4H8.CH3Cl/c1-3-4-2;1-2/h3H,1,4H2,2H3;1H3. The maximum Gasteiger partial charge on any atom is 0.0108 e. The summed E-state index contributed by atoms with van der Waals surface area (Å²) in [5.74, 6) is 0. The number of hydrogen-bond acceptors (Lipinski definition) is 0. The van der Waals surface area contributed by atoms with Gasteiger partial charge >= 0.3 is 0 Å². The normalized spacial score (nSPS) is 5.17. The van der Waals surface area contributed by atoms with Gasteiger partial charge in [-0.05, 0) is 6.42 Å². The zero-order chi connectivity index (χ0) is 5.41. The van der Waals surface area contributed by atoms with E-state index in [4.69, 9.17) is 0 Å². The Bertz CT molecular complexity index is 17.9. The Balaban J connectivity index is 0. The van der Waals surface area contributed by atoms with Gasteiger partial charge in [0.05, 0.1) is 0 Å². The molecule has 0 aromatic carbocycles. The van der Waals surface area contributed by atoms with E-state index in [0.717, 1.165) is 6.42 Å². The monoisotopic (exact) mass is 106 g/mol. The van der Waals surface area contributed by atoms with Crippen molar-refractivity contribution in [1.82, 2.24) is 0 Å². The van der Waals surface area contributed by atoms with Gasteiger partial charge < -0.3 is 0 Å². The lowest BCUT2D eigenvalue weighted by Gasteiger charge is -1.57. The first kappa shape index (κ1) is 9.39. The number of alkyl halides is 1. The lowest BCUT2D eigenvalue weighted by Crippen LogP contribution is -1.36. The van der Waals surface area contributed by atoms with Gasteiger partial charge in [0.1, 0.15) is 0 Å². The first-order chi connectivity index (χ1) is 2.91. The fraction of sp³-hybridized carbons (Fsp3) is 0.600. The maximum atomic E-state index is 4.64. The van der Waals surface area contributed by atoms with Crippen LogP contribution in [0.25, 0.3) is 0 Å². The van der Waals surface area contributed by atoms with Crippen LogP contribution in [-0.2, 0) is 0 Å². The SMILES string of the molecule is C=CCC.CCl. The van der Waals surface area contributed by atoms with Crippen molar-refractivity contribution < 1.29 is 0 Å². The summed E-state index contributed by atoms with van der Waals surface area (Å²) in [6.45, 7) is 5.54. The van der Waals surface area contributed by atoms with E-state index >= 15 is 0 Å². The average molecular weight is 107 g/mol. The van der Waals surface area contributed by atoms with Gasteiger partial charge in [0.25, 0.3) is 0 Å². The molecule has 0 bridgehead atoms. The maximum absolute atomic E-state index is 4.64. The molecule has 0 rings (SSSR count). The van der Waals surface area contributed by atoms with Gasteiger partial charge in [0.2, 0.25) is 0 Å². The Kier molecular flexibility index (Phi) is 31.0. The van der Waals surface area contributed by atoms with Crippen molar-refractivity contribution in [3.8, 4) is 0 Å². The molecule has 1 heteroatoms. The van der Waals surface area contributed by atoms with Crippen LogP contribution in [0.1, 0.15) is 13.3 Å². The molecule has 0 aliphatic carbocycles. The molecule has 0 heterocycles. The zero-order valence-corrected chi connectivity index (χ0v) is 5.13. The van der Waals surface area contributed by atoms with E-state index in [2.05, 4.69) is 25.1 Å². The summed E-state index contributed by atoms with van der Waals surface area (Å²) in [5, 5.41) is 0. The van der Waals surface area contributed by atoms with Gasteiger partial charge in [-0.2, -0.15) is 0 Å². The minimum Gasteiger partial charge on any atom is -0.130 e. The highest BCUT2D eigenvalue weighted by Crippen LogP contribution is 1.66. The van der Waals surface area contributed by atoms with Gasteiger partial charge in [-0.15, -0.1) is 18.2 Å². The van der Waals surface area contributed by atoms with E-state index in [-0.39, 0.29) is 0 Å². The molecule has 0 nitrogen and oxygen atoms in total. The highest BCUT2D eigenvalue weighted by atomic mass is 35.5. The van der Waals surface area contributed by atoms with E-state index in [1.165, 1.54) is 6.38 Å². The van der Waals surface area contributed by atoms with Crippen LogP contribution >= 0.6 is 11.6 Å². The van der Waals surface area contributed by atoms with Crippen LogP contribution in [0.15, 0.2) is 12.7 Å². The van der Waals surface area contributed by atoms with E-state index in [9.17, 15) is 0 Å². The number of rotatable bonds is 1. The molecule has 0 aromatic heterocycles. The van der Waals surface area contributed by atoms with Crippen molar-refractivity contribution in [3.05, 3.63) is 12.7 Å². The molecule has 6 heavy (non-hydrogen) atoms. The molecule has 0 radical (unpaired) electrons. The molecule has 0 saturated heterocycles. The fourth-order valence-corrected chi connectivity index (χ4v) is 0. The second-order valence-electron chi connectivity index (χ2n) is 0.697. The Morgan fingerprint density at radius 2 is 1.83 bits per heavy atom. The lowest BCUT2D eigenvalue weighted by atomic mass is 10.5. The summed E-state index contributed by atoms with van der Waals surface area (Å²) in [5.41, 5.74) is 0. The molecular formula is C5H11Cl. The molecule has 0 N–H and O–H groups in total. The molecule has 0 aliphatic rings. The molecule has 0 saturated carbocycles. The summed E-state index contributed by atoms with van der Waals surface area (Å²) >= 11 is 4.64. The summed E-state index contributed by atoms with van der Waals surface area (Å²) in [6, 6.07) is 0. The van der Waals surface area contributed by atoms with Crippen LogP contribution in [-0.4, -0.2) is 6.38 Å². The number of halogens is 1. The number of hydrogen-bond donors (Lipinski definition) is 0. The average Bonchev–Trinajstić information content (AvgIpc) is 1.72. The summed E-state index contributed by atoms with van der Waals surface area (Å²) in [4.78, 5) is 0. The van der Waals surface area contributed by atoms with Crippen molar-refractivity contribution in [2.45, 2.75) is 13.3 Å². The van der Waals surface area contributed by atoms with Gasteiger partial charge in [-0.1, -0.05) is 13.0 Å². The summed E-state index contributed by atoms with van der Waals surface area (Å²) < 4.78 is 0. The Morgan fingerprint density at radius 1 is 1.67 bits per heavy atom. The van der Waals surface area contributed by atoms with Crippen LogP contribution in [0.3, 0.4) is 0 Å². The summed E-state index contributed by atoms with van der Waals surface area (Å²) in [7, 11) is 0. The molecule has 0 aliphatic heterocycles. The summed E-state index contributed by atoms with van der Waals surface area (Å²) in [6.07, 6.45) is 4.43. The quantitative estimate of drug-likeness (QED) is 0.356. The van der Waals surface area contributed by atoms with Crippen molar-refractivity contribution in [3.63, 3.8) is 0 Å². The van der Waals surface area contributed by atoms with Gasteiger partial charge in [0, 0.05) is 6.38 Å². The van der Waals surface area contributed by atoms with Crippen LogP contribution in [0.2, 0.25) is 0 Å².